The Balaban J connectivity index is 3.05. The zero-order valence-electron chi connectivity index (χ0n) is 9.04. The van der Waals surface area contributed by atoms with Crippen molar-refractivity contribution in [2.75, 3.05) is 12.4 Å². The Kier molecular flexibility index (Phi) is 3.79. The molecule has 18 heavy (non-hydrogen) atoms. The van der Waals surface area contributed by atoms with Crippen molar-refractivity contribution >= 4 is 17.6 Å². The van der Waals surface area contributed by atoms with Crippen LogP contribution in [0.3, 0.4) is 0 Å². The number of nitrogens with one attached hydrogen (secondary N) is 1. The predicted octanol–water partition coefficient (Wildman–Crippen LogP) is 1.68. The lowest BCUT2D eigenvalue weighted by atomic mass is 10.1. The van der Waals surface area contributed by atoms with E-state index in [1.54, 1.807) is 0 Å². The van der Waals surface area contributed by atoms with Gasteiger partial charge in [-0.25, -0.2) is 4.79 Å². The lowest BCUT2D eigenvalue weighted by Gasteiger charge is -2.11. The second-order valence-electron chi connectivity index (χ2n) is 3.15. The number of halogens is 3. The van der Waals surface area contributed by atoms with Crippen molar-refractivity contribution in [1.82, 2.24) is 0 Å². The van der Waals surface area contributed by atoms with Crippen LogP contribution in [0.5, 0.6) is 5.75 Å². The number of methoxy groups -OCH3 is 1. The summed E-state index contributed by atoms with van der Waals surface area (Å²) in [5.41, 5.74) is -0.877. The van der Waals surface area contributed by atoms with Gasteiger partial charge in [0.15, 0.2) is 5.75 Å². The van der Waals surface area contributed by atoms with Crippen LogP contribution in [0.25, 0.3) is 0 Å². The van der Waals surface area contributed by atoms with Gasteiger partial charge in [-0.3, -0.25) is 4.79 Å². The molecule has 0 saturated heterocycles. The van der Waals surface area contributed by atoms with E-state index in [0.29, 0.717) is 0 Å². The van der Waals surface area contributed by atoms with Gasteiger partial charge in [-0.05, 0) is 12.1 Å². The van der Waals surface area contributed by atoms with E-state index in [2.05, 4.69) is 4.74 Å². The molecule has 0 aliphatic rings. The molecule has 0 aliphatic heterocycles. The lowest BCUT2D eigenvalue weighted by molar-refractivity contribution is -0.167. The molecule has 5 nitrogen and oxygen atoms in total. The Morgan fingerprint density at radius 3 is 2.44 bits per heavy atom. The Hall–Kier alpha value is -2.25. The van der Waals surface area contributed by atoms with Gasteiger partial charge in [0, 0.05) is 0 Å². The van der Waals surface area contributed by atoms with E-state index in [4.69, 9.17) is 0 Å². The number of anilines is 1. The minimum atomic E-state index is -5.09. The van der Waals surface area contributed by atoms with Crippen molar-refractivity contribution in [2.45, 2.75) is 6.18 Å². The maximum atomic E-state index is 12.0. The molecule has 0 spiro atoms. The Morgan fingerprint density at radius 1 is 1.33 bits per heavy atom. The van der Waals surface area contributed by atoms with Gasteiger partial charge < -0.3 is 15.2 Å². The number of hydrogen-bond donors (Lipinski definition) is 2. The number of amides is 1. The highest BCUT2D eigenvalue weighted by molar-refractivity contribution is 6.00. The summed E-state index contributed by atoms with van der Waals surface area (Å²) in [6.45, 7) is 0. The maximum absolute atomic E-state index is 12.0. The number of hydrogen-bond acceptors (Lipinski definition) is 4. The molecular formula is C10H8F3NO4. The van der Waals surface area contributed by atoms with Gasteiger partial charge in [0.1, 0.15) is 5.56 Å². The maximum Gasteiger partial charge on any atom is 0.471 e. The Bertz CT molecular complexity index is 485. The third-order valence-corrected chi connectivity index (χ3v) is 1.95. The van der Waals surface area contributed by atoms with Crippen molar-refractivity contribution in [3.05, 3.63) is 23.8 Å². The molecule has 1 aromatic carbocycles. The third kappa shape index (κ3) is 2.90. The van der Waals surface area contributed by atoms with E-state index in [1.807, 2.05) is 0 Å². The van der Waals surface area contributed by atoms with Crippen molar-refractivity contribution < 1.29 is 32.6 Å². The molecule has 0 unspecified atom stereocenters. The highest BCUT2D eigenvalue weighted by Crippen LogP contribution is 2.29. The van der Waals surface area contributed by atoms with Crippen LogP contribution in [0.2, 0.25) is 0 Å². The van der Waals surface area contributed by atoms with E-state index in [9.17, 15) is 27.9 Å². The number of aromatic hydroxyl groups is 1. The van der Waals surface area contributed by atoms with Crippen molar-refractivity contribution in [3.8, 4) is 5.75 Å². The normalized spacial score (nSPS) is 10.9. The Labute approximate surface area is 99.2 Å². The third-order valence-electron chi connectivity index (χ3n) is 1.95. The van der Waals surface area contributed by atoms with Gasteiger partial charge in [0.05, 0.1) is 12.8 Å². The van der Waals surface area contributed by atoms with E-state index >= 15 is 0 Å². The van der Waals surface area contributed by atoms with Crippen LogP contribution >= 0.6 is 0 Å². The summed E-state index contributed by atoms with van der Waals surface area (Å²) in [6, 6.07) is 3.35. The first kappa shape index (κ1) is 13.8. The average molecular weight is 263 g/mol. The smallest absolute Gasteiger partial charge is 0.471 e. The number of para-hydroxylation sites is 1. The first-order valence-electron chi connectivity index (χ1n) is 4.56. The average Bonchev–Trinajstić information content (AvgIpc) is 2.29. The number of ether oxygens (including phenoxy) is 1. The van der Waals surface area contributed by atoms with E-state index in [1.165, 1.54) is 11.4 Å². The first-order chi connectivity index (χ1) is 8.27. The number of carbonyl (C=O) groups excluding carboxylic acids is 2. The molecule has 0 atom stereocenters. The van der Waals surface area contributed by atoms with Crippen LogP contribution in [0.1, 0.15) is 10.4 Å². The second-order valence-corrected chi connectivity index (χ2v) is 3.15. The summed E-state index contributed by atoms with van der Waals surface area (Å²) in [5.74, 6) is -3.97. The number of benzene rings is 1. The largest absolute Gasteiger partial charge is 0.505 e. The van der Waals surface area contributed by atoms with E-state index < -0.39 is 29.5 Å². The van der Waals surface area contributed by atoms with Gasteiger partial charge >= 0.3 is 18.1 Å². The van der Waals surface area contributed by atoms with Crippen molar-refractivity contribution in [3.63, 3.8) is 0 Å². The van der Waals surface area contributed by atoms with Crippen LogP contribution in [0, 0.1) is 0 Å². The minimum absolute atomic E-state index is 0.350. The highest BCUT2D eigenvalue weighted by Gasteiger charge is 2.39. The number of alkyl halides is 3. The fraction of sp³-hybridized carbons (Fsp3) is 0.200. The standard InChI is InChI=1S/C10H8F3NO4/c1-18-8(16)5-3-2-4-6(7(5)15)14-9(17)10(11,12)13/h2-4,15H,1H3,(H,14,17). The van der Waals surface area contributed by atoms with Crippen LogP contribution in [0.4, 0.5) is 18.9 Å². The number of rotatable bonds is 2. The molecule has 1 amide bonds. The molecule has 8 heteroatoms. The summed E-state index contributed by atoms with van der Waals surface area (Å²) in [6.07, 6.45) is -5.09. The first-order valence-corrected chi connectivity index (χ1v) is 4.56. The molecule has 0 heterocycles. The van der Waals surface area contributed by atoms with E-state index in [0.717, 1.165) is 19.2 Å². The summed E-state index contributed by atoms with van der Waals surface area (Å²) in [7, 11) is 1.04. The fourth-order valence-corrected chi connectivity index (χ4v) is 1.11. The highest BCUT2D eigenvalue weighted by atomic mass is 19.4. The fourth-order valence-electron chi connectivity index (χ4n) is 1.11. The molecule has 0 fully saturated rings. The number of phenolic OH excluding ortho intramolecular Hbond substituents is 1. The van der Waals surface area contributed by atoms with Gasteiger partial charge in [0.25, 0.3) is 0 Å². The number of carbonyl (C=O) groups is 2. The molecule has 0 aromatic heterocycles. The zero-order chi connectivity index (χ0) is 13.9. The molecule has 98 valence electrons. The molecule has 0 bridgehead atoms. The minimum Gasteiger partial charge on any atom is -0.505 e. The summed E-state index contributed by atoms with van der Waals surface area (Å²) in [5, 5.41) is 11.0. The molecule has 1 aromatic rings. The SMILES string of the molecule is COC(=O)c1cccc(NC(=O)C(F)(F)F)c1O. The number of esters is 1. The quantitative estimate of drug-likeness (QED) is 0.628. The molecule has 2 N–H and O–H groups in total. The van der Waals surface area contributed by atoms with E-state index in [-0.39, 0.29) is 5.56 Å². The summed E-state index contributed by atoms with van der Waals surface area (Å²) in [4.78, 5) is 21.8. The van der Waals surface area contributed by atoms with Gasteiger partial charge in [-0.1, -0.05) is 6.07 Å². The van der Waals surface area contributed by atoms with Crippen LogP contribution < -0.4 is 5.32 Å². The van der Waals surface area contributed by atoms with Crippen molar-refractivity contribution in [1.29, 1.82) is 0 Å². The van der Waals surface area contributed by atoms with Crippen LogP contribution in [0.15, 0.2) is 18.2 Å². The summed E-state index contributed by atoms with van der Waals surface area (Å²) >= 11 is 0. The van der Waals surface area contributed by atoms with Crippen LogP contribution in [-0.2, 0) is 9.53 Å². The molecule has 0 saturated carbocycles. The van der Waals surface area contributed by atoms with Gasteiger partial charge in [0.2, 0.25) is 0 Å². The second kappa shape index (κ2) is 4.94. The molecule has 0 aliphatic carbocycles. The molecule has 1 rings (SSSR count). The monoisotopic (exact) mass is 263 g/mol. The number of phenols is 1. The van der Waals surface area contributed by atoms with Gasteiger partial charge in [-0.2, -0.15) is 13.2 Å². The van der Waals surface area contributed by atoms with Gasteiger partial charge in [-0.15, -0.1) is 0 Å². The zero-order valence-corrected chi connectivity index (χ0v) is 9.04. The lowest BCUT2D eigenvalue weighted by Crippen LogP contribution is -2.30. The molecule has 0 radical (unpaired) electrons. The molecular weight excluding hydrogens is 255 g/mol. The topological polar surface area (TPSA) is 75.6 Å². The van der Waals surface area contributed by atoms with Crippen LogP contribution in [-0.4, -0.2) is 30.3 Å². The van der Waals surface area contributed by atoms with Crippen molar-refractivity contribution in [2.24, 2.45) is 0 Å². The summed E-state index contributed by atoms with van der Waals surface area (Å²) < 4.78 is 40.3. The predicted molar refractivity (Wildman–Crippen MR) is 54.1 cm³/mol. The Morgan fingerprint density at radius 2 is 1.94 bits per heavy atom.